The van der Waals surface area contributed by atoms with Crippen LogP contribution in [-0.2, 0) is 19.6 Å². The Morgan fingerprint density at radius 2 is 1.83 bits per heavy atom. The second-order valence-electron chi connectivity index (χ2n) is 6.67. The number of ether oxygens (including phenoxy) is 1. The van der Waals surface area contributed by atoms with Crippen molar-refractivity contribution < 1.29 is 27.1 Å². The third kappa shape index (κ3) is 5.35. The number of hydrogen-bond acceptors (Lipinski definition) is 5. The number of nitrogens with one attached hydrogen (secondary N) is 1. The van der Waals surface area contributed by atoms with Gasteiger partial charge in [0.05, 0.1) is 24.1 Å². The molecule has 0 saturated carbocycles. The Hall–Kier alpha value is -2.94. The summed E-state index contributed by atoms with van der Waals surface area (Å²) >= 11 is 0. The van der Waals surface area contributed by atoms with E-state index in [0.717, 1.165) is 16.6 Å². The van der Waals surface area contributed by atoms with Crippen molar-refractivity contribution in [3.05, 3.63) is 59.4 Å². The predicted molar refractivity (Wildman–Crippen MR) is 114 cm³/mol. The number of para-hydroxylation sites is 1. The van der Waals surface area contributed by atoms with Crippen LogP contribution in [0, 0.1) is 12.7 Å². The van der Waals surface area contributed by atoms with Crippen molar-refractivity contribution >= 4 is 33.3 Å². The van der Waals surface area contributed by atoms with Gasteiger partial charge in [-0.15, -0.1) is 0 Å². The fourth-order valence-electron chi connectivity index (χ4n) is 3.03. The Morgan fingerprint density at radius 3 is 2.37 bits per heavy atom. The van der Waals surface area contributed by atoms with Crippen LogP contribution in [0.3, 0.4) is 0 Å². The van der Waals surface area contributed by atoms with Crippen molar-refractivity contribution in [1.82, 2.24) is 0 Å². The fourth-order valence-corrected chi connectivity index (χ4v) is 4.24. The fraction of sp³-hybridized carbons (Fsp3) is 0.333. The number of sulfonamides is 1. The summed E-state index contributed by atoms with van der Waals surface area (Å²) in [6.07, 6.45) is 1.04. The lowest BCUT2D eigenvalue weighted by molar-refractivity contribution is -0.117. The molecule has 0 spiro atoms. The van der Waals surface area contributed by atoms with Crippen LogP contribution >= 0.6 is 0 Å². The smallest absolute Gasteiger partial charge is 0.338 e. The number of hydrogen-bond donors (Lipinski definition) is 1. The van der Waals surface area contributed by atoms with E-state index in [4.69, 9.17) is 4.74 Å². The zero-order chi connectivity index (χ0) is 22.5. The third-order valence-electron chi connectivity index (χ3n) is 4.42. The number of benzene rings is 2. The molecule has 9 heteroatoms. The lowest BCUT2D eigenvalue weighted by atomic mass is 10.1. The summed E-state index contributed by atoms with van der Waals surface area (Å²) in [7, 11) is -3.95. The first-order valence-electron chi connectivity index (χ1n) is 9.42. The van der Waals surface area contributed by atoms with Crippen molar-refractivity contribution in [2.24, 2.45) is 0 Å². The summed E-state index contributed by atoms with van der Waals surface area (Å²) in [5, 5.41) is 2.68. The molecule has 1 amide bonds. The van der Waals surface area contributed by atoms with Gasteiger partial charge in [-0.25, -0.2) is 17.6 Å². The van der Waals surface area contributed by atoms with E-state index >= 15 is 0 Å². The van der Waals surface area contributed by atoms with Gasteiger partial charge >= 0.3 is 5.97 Å². The molecule has 7 nitrogen and oxygen atoms in total. The van der Waals surface area contributed by atoms with E-state index in [1.807, 2.05) is 0 Å². The first-order chi connectivity index (χ1) is 14.1. The molecule has 0 saturated heterocycles. The maximum atomic E-state index is 14.3. The zero-order valence-electron chi connectivity index (χ0n) is 17.3. The Kier molecular flexibility index (Phi) is 7.55. The molecule has 1 N–H and O–H groups in total. The summed E-state index contributed by atoms with van der Waals surface area (Å²) in [5.74, 6) is -1.84. The number of amides is 1. The van der Waals surface area contributed by atoms with Crippen LogP contribution in [0.2, 0.25) is 0 Å². The highest BCUT2D eigenvalue weighted by molar-refractivity contribution is 7.92. The lowest BCUT2D eigenvalue weighted by Crippen LogP contribution is -2.47. The number of carbonyl (C=O) groups is 2. The first-order valence-corrected chi connectivity index (χ1v) is 11.3. The Morgan fingerprint density at radius 1 is 1.17 bits per heavy atom. The van der Waals surface area contributed by atoms with Crippen LogP contribution < -0.4 is 9.62 Å². The minimum Gasteiger partial charge on any atom is -0.462 e. The van der Waals surface area contributed by atoms with Gasteiger partial charge in [0.2, 0.25) is 15.9 Å². The van der Waals surface area contributed by atoms with Gasteiger partial charge in [0.15, 0.2) is 0 Å². The second-order valence-corrected chi connectivity index (χ2v) is 8.53. The van der Waals surface area contributed by atoms with Gasteiger partial charge in [0.25, 0.3) is 0 Å². The van der Waals surface area contributed by atoms with Crippen LogP contribution in [0.15, 0.2) is 42.5 Å². The average molecular weight is 437 g/mol. The first kappa shape index (κ1) is 23.3. The van der Waals surface area contributed by atoms with E-state index in [1.54, 1.807) is 32.9 Å². The van der Waals surface area contributed by atoms with Crippen LogP contribution in [0.1, 0.15) is 36.2 Å². The van der Waals surface area contributed by atoms with Gasteiger partial charge in [-0.05, 0) is 56.2 Å². The highest BCUT2D eigenvalue weighted by Crippen LogP contribution is 2.26. The van der Waals surface area contributed by atoms with Gasteiger partial charge in [-0.3, -0.25) is 9.10 Å². The number of halogens is 1. The largest absolute Gasteiger partial charge is 0.462 e. The molecule has 0 aromatic heterocycles. The molecule has 1 atom stereocenters. The molecule has 2 aromatic rings. The van der Waals surface area contributed by atoms with Crippen molar-refractivity contribution in [3.63, 3.8) is 0 Å². The second kappa shape index (κ2) is 9.71. The zero-order valence-corrected chi connectivity index (χ0v) is 18.1. The monoisotopic (exact) mass is 436 g/mol. The standard InChI is InChI=1S/C21H25FN2O5S/c1-5-18(24(30(4,27)28)19-10-8-7-9-16(19)22)20(25)23-17-12-11-15(13-14(17)3)21(26)29-6-2/h7-13,18H,5-6H2,1-4H3,(H,23,25)/t18-/m1/s1. The number of nitrogens with zero attached hydrogens (tertiary/aromatic N) is 1. The van der Waals surface area contributed by atoms with Gasteiger partial charge in [0.1, 0.15) is 11.9 Å². The third-order valence-corrected chi connectivity index (χ3v) is 5.58. The molecular weight excluding hydrogens is 411 g/mol. The van der Waals surface area contributed by atoms with Gasteiger partial charge < -0.3 is 10.1 Å². The highest BCUT2D eigenvalue weighted by Gasteiger charge is 2.33. The Labute approximate surface area is 175 Å². The lowest BCUT2D eigenvalue weighted by Gasteiger charge is -2.30. The molecule has 0 radical (unpaired) electrons. The SMILES string of the molecule is CCOC(=O)c1ccc(NC(=O)[C@@H](CC)N(c2ccccc2F)S(C)(=O)=O)c(C)c1. The molecule has 0 heterocycles. The predicted octanol–water partition coefficient (Wildman–Crippen LogP) is 3.49. The van der Waals surface area contributed by atoms with Crippen molar-refractivity contribution in [1.29, 1.82) is 0 Å². The molecule has 0 fully saturated rings. The number of esters is 1. The number of aryl methyl sites for hydroxylation is 1. The van der Waals surface area contributed by atoms with E-state index in [9.17, 15) is 22.4 Å². The van der Waals surface area contributed by atoms with Gasteiger partial charge in [-0.1, -0.05) is 19.1 Å². The molecule has 2 rings (SSSR count). The molecule has 0 bridgehead atoms. The molecule has 0 unspecified atom stereocenters. The molecule has 0 aliphatic heterocycles. The number of carbonyl (C=O) groups excluding carboxylic acids is 2. The summed E-state index contributed by atoms with van der Waals surface area (Å²) < 4.78 is 44.9. The van der Waals surface area contributed by atoms with Crippen LogP contribution in [0.5, 0.6) is 0 Å². The summed E-state index contributed by atoms with van der Waals surface area (Å²) in [4.78, 5) is 24.8. The van der Waals surface area contributed by atoms with E-state index in [-0.39, 0.29) is 18.7 Å². The quantitative estimate of drug-likeness (QED) is 0.640. The van der Waals surface area contributed by atoms with Crippen molar-refractivity contribution in [2.45, 2.75) is 33.2 Å². The van der Waals surface area contributed by atoms with E-state index in [1.165, 1.54) is 24.3 Å². The maximum absolute atomic E-state index is 14.3. The van der Waals surface area contributed by atoms with E-state index < -0.39 is 33.8 Å². The molecular formula is C21H25FN2O5S. The van der Waals surface area contributed by atoms with Crippen LogP contribution in [0.25, 0.3) is 0 Å². The summed E-state index contributed by atoms with van der Waals surface area (Å²) in [5.41, 5.74) is 1.15. The maximum Gasteiger partial charge on any atom is 0.338 e. The minimum absolute atomic E-state index is 0.118. The van der Waals surface area contributed by atoms with Crippen LogP contribution in [0.4, 0.5) is 15.8 Å². The van der Waals surface area contributed by atoms with Crippen LogP contribution in [-0.4, -0.2) is 39.2 Å². The minimum atomic E-state index is -3.95. The molecule has 162 valence electrons. The number of rotatable bonds is 8. The summed E-state index contributed by atoms with van der Waals surface area (Å²) in [6, 6.07) is 8.84. The summed E-state index contributed by atoms with van der Waals surface area (Å²) in [6.45, 7) is 5.28. The highest BCUT2D eigenvalue weighted by atomic mass is 32.2. The molecule has 30 heavy (non-hydrogen) atoms. The molecule has 2 aromatic carbocycles. The van der Waals surface area contributed by atoms with E-state index in [2.05, 4.69) is 5.32 Å². The van der Waals surface area contributed by atoms with Crippen molar-refractivity contribution in [3.8, 4) is 0 Å². The average Bonchev–Trinajstić information content (AvgIpc) is 2.67. The molecule has 0 aliphatic rings. The van der Waals surface area contributed by atoms with Crippen molar-refractivity contribution in [2.75, 3.05) is 22.5 Å². The molecule has 0 aliphatic carbocycles. The topological polar surface area (TPSA) is 92.8 Å². The normalized spacial score (nSPS) is 12.2. The van der Waals surface area contributed by atoms with Gasteiger partial charge in [-0.2, -0.15) is 0 Å². The van der Waals surface area contributed by atoms with Gasteiger partial charge in [0, 0.05) is 5.69 Å². The number of anilines is 2. The van der Waals surface area contributed by atoms with E-state index in [0.29, 0.717) is 16.8 Å². The Bertz CT molecular complexity index is 1040. The Balaban J connectivity index is 2.35.